The fourth-order valence-corrected chi connectivity index (χ4v) is 3.07. The van der Waals surface area contributed by atoms with Crippen LogP contribution < -0.4 is 5.73 Å². The van der Waals surface area contributed by atoms with Gasteiger partial charge in [0, 0.05) is 18.6 Å². The maximum absolute atomic E-state index is 11.1. The molecule has 0 bridgehead atoms. The molecule has 18 heavy (non-hydrogen) atoms. The van der Waals surface area contributed by atoms with E-state index in [1.54, 1.807) is 0 Å². The highest BCUT2D eigenvalue weighted by atomic mass is 16.3. The number of nitrogens with zero attached hydrogens (tertiary/aromatic N) is 2. The molecule has 0 aliphatic heterocycles. The minimum atomic E-state index is -1.23. The number of aliphatic hydroxyl groups is 2. The summed E-state index contributed by atoms with van der Waals surface area (Å²) in [6.07, 6.45) is 0.577. The van der Waals surface area contributed by atoms with Crippen LogP contribution in [-0.4, -0.2) is 78.5 Å². The molecule has 0 aliphatic rings. The van der Waals surface area contributed by atoms with E-state index < -0.39 is 11.7 Å². The number of hydrogen-bond acceptors (Lipinski definition) is 5. The van der Waals surface area contributed by atoms with E-state index in [1.807, 2.05) is 51.8 Å². The van der Waals surface area contributed by atoms with E-state index in [-0.39, 0.29) is 18.6 Å². The van der Waals surface area contributed by atoms with Crippen LogP contribution in [0.3, 0.4) is 0 Å². The van der Waals surface area contributed by atoms with Crippen LogP contribution in [0.5, 0.6) is 0 Å². The Balaban J connectivity index is 5.52. The highest BCUT2D eigenvalue weighted by Crippen LogP contribution is 2.29. The van der Waals surface area contributed by atoms with Crippen molar-refractivity contribution in [1.82, 2.24) is 9.80 Å². The smallest absolute Gasteiger partial charge is 0.122 e. The Bertz CT molecular complexity index is 218. The van der Waals surface area contributed by atoms with Crippen molar-refractivity contribution in [3.05, 3.63) is 0 Å². The van der Waals surface area contributed by atoms with Gasteiger partial charge in [0.1, 0.15) is 5.60 Å². The summed E-state index contributed by atoms with van der Waals surface area (Å²) >= 11 is 0. The lowest BCUT2D eigenvalue weighted by molar-refractivity contribution is -0.156. The van der Waals surface area contributed by atoms with Gasteiger partial charge in [-0.2, -0.15) is 0 Å². The van der Waals surface area contributed by atoms with Gasteiger partial charge >= 0.3 is 0 Å². The van der Waals surface area contributed by atoms with Crippen LogP contribution in [0.25, 0.3) is 0 Å². The maximum atomic E-state index is 11.1. The average Bonchev–Trinajstić information content (AvgIpc) is 2.28. The molecule has 0 heterocycles. The Labute approximate surface area is 112 Å². The van der Waals surface area contributed by atoms with E-state index in [4.69, 9.17) is 5.73 Å². The first-order chi connectivity index (χ1) is 8.27. The first-order valence-electron chi connectivity index (χ1n) is 6.70. The van der Waals surface area contributed by atoms with Crippen LogP contribution in [0.4, 0.5) is 0 Å². The highest BCUT2D eigenvalue weighted by Gasteiger charge is 2.49. The zero-order chi connectivity index (χ0) is 14.5. The molecular formula is C13H31N3O2. The van der Waals surface area contributed by atoms with Crippen molar-refractivity contribution in [1.29, 1.82) is 0 Å². The highest BCUT2D eigenvalue weighted by molar-refractivity contribution is 5.04. The predicted octanol–water partition coefficient (Wildman–Crippen LogP) is -0.282. The van der Waals surface area contributed by atoms with Gasteiger partial charge in [-0.15, -0.1) is 0 Å². The van der Waals surface area contributed by atoms with Gasteiger partial charge in [-0.25, -0.2) is 0 Å². The van der Waals surface area contributed by atoms with Gasteiger partial charge in [0.05, 0.1) is 6.10 Å². The van der Waals surface area contributed by atoms with Crippen molar-refractivity contribution in [2.45, 2.75) is 50.5 Å². The topological polar surface area (TPSA) is 73.0 Å². The van der Waals surface area contributed by atoms with E-state index in [0.717, 1.165) is 12.8 Å². The second-order valence-corrected chi connectivity index (χ2v) is 5.41. The lowest BCUT2D eigenvalue weighted by Crippen LogP contribution is -2.68. The predicted molar refractivity (Wildman–Crippen MR) is 75.5 cm³/mol. The van der Waals surface area contributed by atoms with Crippen LogP contribution in [0.15, 0.2) is 0 Å². The van der Waals surface area contributed by atoms with E-state index in [2.05, 4.69) is 0 Å². The Morgan fingerprint density at radius 3 is 1.50 bits per heavy atom. The number of nitrogens with two attached hydrogens (primary N) is 1. The maximum Gasteiger partial charge on any atom is 0.122 e. The molecular weight excluding hydrogens is 230 g/mol. The molecule has 0 aromatic carbocycles. The minimum absolute atomic E-state index is 0.0607. The quantitative estimate of drug-likeness (QED) is 0.560. The Morgan fingerprint density at radius 1 is 1.00 bits per heavy atom. The Hall–Kier alpha value is -0.200. The summed E-state index contributed by atoms with van der Waals surface area (Å²) in [6, 6.07) is -0.271. The molecule has 5 heteroatoms. The lowest BCUT2D eigenvalue weighted by atomic mass is 9.77. The van der Waals surface area contributed by atoms with Crippen molar-refractivity contribution in [2.75, 3.05) is 34.7 Å². The van der Waals surface area contributed by atoms with Gasteiger partial charge in [0.15, 0.2) is 0 Å². The van der Waals surface area contributed by atoms with Crippen molar-refractivity contribution in [3.8, 4) is 0 Å². The van der Waals surface area contributed by atoms with Crippen molar-refractivity contribution in [3.63, 3.8) is 0 Å². The molecule has 0 aromatic rings. The zero-order valence-electron chi connectivity index (χ0n) is 12.7. The normalized spacial score (nSPS) is 20.8. The summed E-state index contributed by atoms with van der Waals surface area (Å²) in [5, 5.41) is 21.4. The molecule has 3 atom stereocenters. The number of likely N-dealkylation sites (N-methyl/N-ethyl adjacent to an activating group) is 2. The first kappa shape index (κ1) is 17.8. The molecule has 0 amide bonds. The van der Waals surface area contributed by atoms with Crippen molar-refractivity contribution < 1.29 is 10.2 Å². The fourth-order valence-electron chi connectivity index (χ4n) is 3.07. The average molecular weight is 261 g/mol. The van der Waals surface area contributed by atoms with Crippen LogP contribution >= 0.6 is 0 Å². The molecule has 0 spiro atoms. The van der Waals surface area contributed by atoms with E-state index in [1.165, 1.54) is 0 Å². The molecule has 0 saturated heterocycles. The third-order valence-corrected chi connectivity index (χ3v) is 3.84. The third kappa shape index (κ3) is 3.42. The zero-order valence-corrected chi connectivity index (χ0v) is 12.7. The SMILES string of the molecule is CCC(N(C)C)C(O)(C(O)CN)C(CC)N(C)C. The molecule has 0 rings (SSSR count). The van der Waals surface area contributed by atoms with Crippen LogP contribution in [0.2, 0.25) is 0 Å². The molecule has 0 saturated carbocycles. The van der Waals surface area contributed by atoms with E-state index >= 15 is 0 Å². The minimum Gasteiger partial charge on any atom is -0.389 e. The van der Waals surface area contributed by atoms with Crippen LogP contribution in [-0.2, 0) is 0 Å². The van der Waals surface area contributed by atoms with Crippen LogP contribution in [0, 0.1) is 0 Å². The lowest BCUT2D eigenvalue weighted by Gasteiger charge is -2.49. The van der Waals surface area contributed by atoms with Gasteiger partial charge in [0.25, 0.3) is 0 Å². The summed E-state index contributed by atoms with van der Waals surface area (Å²) in [7, 11) is 7.69. The van der Waals surface area contributed by atoms with Crippen molar-refractivity contribution in [2.24, 2.45) is 5.73 Å². The number of aliphatic hydroxyl groups excluding tert-OH is 1. The number of rotatable bonds is 8. The Kier molecular flexibility index (Phi) is 7.32. The molecule has 0 aliphatic carbocycles. The molecule has 0 fully saturated rings. The summed E-state index contributed by atoms with van der Waals surface area (Å²) in [5.41, 5.74) is 4.37. The van der Waals surface area contributed by atoms with Gasteiger partial charge < -0.3 is 25.7 Å². The second kappa shape index (κ2) is 7.40. The Morgan fingerprint density at radius 2 is 1.33 bits per heavy atom. The molecule has 3 unspecified atom stereocenters. The molecule has 4 N–H and O–H groups in total. The second-order valence-electron chi connectivity index (χ2n) is 5.41. The summed E-state index contributed by atoms with van der Waals surface area (Å²) in [4.78, 5) is 3.93. The summed E-state index contributed by atoms with van der Waals surface area (Å²) < 4.78 is 0. The van der Waals surface area contributed by atoms with Crippen molar-refractivity contribution >= 4 is 0 Å². The number of hydrogen-bond donors (Lipinski definition) is 3. The van der Waals surface area contributed by atoms with Crippen LogP contribution in [0.1, 0.15) is 26.7 Å². The van der Waals surface area contributed by atoms with E-state index in [9.17, 15) is 10.2 Å². The first-order valence-corrected chi connectivity index (χ1v) is 6.70. The van der Waals surface area contributed by atoms with Gasteiger partial charge in [-0.05, 0) is 41.0 Å². The van der Waals surface area contributed by atoms with Gasteiger partial charge in [-0.1, -0.05) is 13.8 Å². The standard InChI is InChI=1S/C13H31N3O2/c1-7-10(15(3)4)13(18,12(17)9-14)11(8-2)16(5)6/h10-12,17-18H,7-9,14H2,1-6H3. The van der Waals surface area contributed by atoms with E-state index in [0.29, 0.717) is 0 Å². The van der Waals surface area contributed by atoms with Gasteiger partial charge in [-0.3, -0.25) is 0 Å². The summed E-state index contributed by atoms with van der Waals surface area (Å²) in [6.45, 7) is 4.09. The third-order valence-electron chi connectivity index (χ3n) is 3.84. The summed E-state index contributed by atoms with van der Waals surface area (Å²) in [5.74, 6) is 0. The van der Waals surface area contributed by atoms with Gasteiger partial charge in [0.2, 0.25) is 0 Å². The molecule has 0 aromatic heterocycles. The largest absolute Gasteiger partial charge is 0.389 e. The fraction of sp³-hybridized carbons (Fsp3) is 1.00. The monoisotopic (exact) mass is 261 g/mol. The molecule has 5 nitrogen and oxygen atoms in total. The molecule has 0 radical (unpaired) electrons. The molecule has 110 valence electrons.